The first kappa shape index (κ1) is 13.1. The smallest absolute Gasteiger partial charge is 0.226 e. The molecule has 0 amide bonds. The SMILES string of the molecule is CCC(Nc1nccc(OC)n1)C1CCCCC1. The third-order valence-electron chi connectivity index (χ3n) is 3.81. The Morgan fingerprint density at radius 2 is 2.17 bits per heavy atom. The summed E-state index contributed by atoms with van der Waals surface area (Å²) in [6.07, 6.45) is 9.63. The number of anilines is 1. The molecule has 1 N–H and O–H groups in total. The third-order valence-corrected chi connectivity index (χ3v) is 3.81. The summed E-state index contributed by atoms with van der Waals surface area (Å²) in [4.78, 5) is 8.60. The van der Waals surface area contributed by atoms with Gasteiger partial charge in [-0.15, -0.1) is 0 Å². The van der Waals surface area contributed by atoms with Crippen LogP contribution in [-0.2, 0) is 0 Å². The maximum absolute atomic E-state index is 5.12. The maximum Gasteiger partial charge on any atom is 0.226 e. The van der Waals surface area contributed by atoms with E-state index in [9.17, 15) is 0 Å². The zero-order valence-electron chi connectivity index (χ0n) is 11.4. The molecule has 100 valence electrons. The van der Waals surface area contributed by atoms with Gasteiger partial charge in [0.25, 0.3) is 0 Å². The zero-order valence-corrected chi connectivity index (χ0v) is 11.4. The molecule has 1 aliphatic carbocycles. The summed E-state index contributed by atoms with van der Waals surface area (Å²) in [5.74, 6) is 2.07. The molecule has 0 bridgehead atoms. The first-order chi connectivity index (χ1) is 8.83. The molecule has 1 aromatic heterocycles. The van der Waals surface area contributed by atoms with Crippen molar-refractivity contribution < 1.29 is 4.74 Å². The van der Waals surface area contributed by atoms with Crippen molar-refractivity contribution in [3.8, 4) is 5.88 Å². The minimum absolute atomic E-state index is 0.484. The summed E-state index contributed by atoms with van der Waals surface area (Å²) < 4.78 is 5.12. The molecule has 18 heavy (non-hydrogen) atoms. The number of ether oxygens (including phenoxy) is 1. The lowest BCUT2D eigenvalue weighted by atomic mass is 9.83. The highest BCUT2D eigenvalue weighted by Crippen LogP contribution is 2.29. The van der Waals surface area contributed by atoms with Crippen LogP contribution in [0, 0.1) is 5.92 Å². The average molecular weight is 249 g/mol. The molecule has 0 radical (unpaired) electrons. The molecule has 4 nitrogen and oxygen atoms in total. The lowest BCUT2D eigenvalue weighted by molar-refractivity contribution is 0.312. The van der Waals surface area contributed by atoms with Crippen LogP contribution in [0.3, 0.4) is 0 Å². The molecule has 1 fully saturated rings. The highest BCUT2D eigenvalue weighted by atomic mass is 16.5. The van der Waals surface area contributed by atoms with Crippen LogP contribution in [0.5, 0.6) is 5.88 Å². The highest BCUT2D eigenvalue weighted by Gasteiger charge is 2.22. The summed E-state index contributed by atoms with van der Waals surface area (Å²) in [5.41, 5.74) is 0. The molecule has 1 heterocycles. The van der Waals surface area contributed by atoms with E-state index in [4.69, 9.17) is 4.74 Å². The molecule has 1 aliphatic rings. The lowest BCUT2D eigenvalue weighted by Crippen LogP contribution is -2.30. The second kappa shape index (κ2) is 6.57. The standard InChI is InChI=1S/C14H23N3O/c1-3-12(11-7-5-4-6-8-11)16-14-15-10-9-13(17-14)18-2/h9-12H,3-8H2,1-2H3,(H,15,16,17). The van der Waals surface area contributed by atoms with Gasteiger partial charge in [0.15, 0.2) is 0 Å². The number of nitrogens with one attached hydrogen (secondary N) is 1. The van der Waals surface area contributed by atoms with Crippen molar-refractivity contribution in [3.63, 3.8) is 0 Å². The quantitative estimate of drug-likeness (QED) is 0.870. The second-order valence-corrected chi connectivity index (χ2v) is 4.98. The maximum atomic E-state index is 5.12. The Hall–Kier alpha value is -1.32. The van der Waals surface area contributed by atoms with Gasteiger partial charge < -0.3 is 10.1 Å². The van der Waals surface area contributed by atoms with Gasteiger partial charge >= 0.3 is 0 Å². The van der Waals surface area contributed by atoms with E-state index in [1.165, 1.54) is 32.1 Å². The molecular weight excluding hydrogens is 226 g/mol. The van der Waals surface area contributed by atoms with Crippen LogP contribution in [0.15, 0.2) is 12.3 Å². The molecule has 0 aromatic carbocycles. The van der Waals surface area contributed by atoms with E-state index < -0.39 is 0 Å². The number of hydrogen-bond donors (Lipinski definition) is 1. The summed E-state index contributed by atoms with van der Waals surface area (Å²) in [7, 11) is 1.63. The van der Waals surface area contributed by atoms with E-state index in [-0.39, 0.29) is 0 Å². The molecule has 4 heteroatoms. The van der Waals surface area contributed by atoms with Crippen LogP contribution in [0.4, 0.5) is 5.95 Å². The van der Waals surface area contributed by atoms with Crippen molar-refractivity contribution >= 4 is 5.95 Å². The summed E-state index contributed by atoms with van der Waals surface area (Å²) >= 11 is 0. The number of nitrogens with zero attached hydrogens (tertiary/aromatic N) is 2. The van der Waals surface area contributed by atoms with Gasteiger partial charge in [-0.05, 0) is 25.2 Å². The monoisotopic (exact) mass is 249 g/mol. The van der Waals surface area contributed by atoms with Crippen LogP contribution in [0.2, 0.25) is 0 Å². The number of aromatic nitrogens is 2. The van der Waals surface area contributed by atoms with Crippen molar-refractivity contribution in [3.05, 3.63) is 12.3 Å². The van der Waals surface area contributed by atoms with Gasteiger partial charge in [0, 0.05) is 18.3 Å². The van der Waals surface area contributed by atoms with Crippen LogP contribution >= 0.6 is 0 Å². The molecule has 0 saturated heterocycles. The molecule has 2 rings (SSSR count). The van der Waals surface area contributed by atoms with E-state index in [2.05, 4.69) is 22.2 Å². The molecule has 1 unspecified atom stereocenters. The summed E-state index contributed by atoms with van der Waals surface area (Å²) in [6, 6.07) is 2.25. The van der Waals surface area contributed by atoms with Gasteiger partial charge in [-0.2, -0.15) is 4.98 Å². The first-order valence-electron chi connectivity index (χ1n) is 6.97. The van der Waals surface area contributed by atoms with Crippen LogP contribution in [0.25, 0.3) is 0 Å². The topological polar surface area (TPSA) is 47.0 Å². The Balaban J connectivity index is 1.99. The normalized spacial score (nSPS) is 18.3. The van der Waals surface area contributed by atoms with E-state index in [1.807, 2.05) is 0 Å². The summed E-state index contributed by atoms with van der Waals surface area (Å²) in [6.45, 7) is 2.23. The van der Waals surface area contributed by atoms with Crippen molar-refractivity contribution in [1.29, 1.82) is 0 Å². The predicted octanol–water partition coefficient (Wildman–Crippen LogP) is 3.26. The third kappa shape index (κ3) is 3.34. The van der Waals surface area contributed by atoms with Gasteiger partial charge in [0.2, 0.25) is 11.8 Å². The van der Waals surface area contributed by atoms with Crippen molar-refractivity contribution in [2.75, 3.05) is 12.4 Å². The Morgan fingerprint density at radius 3 is 2.83 bits per heavy atom. The fraction of sp³-hybridized carbons (Fsp3) is 0.714. The number of methoxy groups -OCH3 is 1. The number of hydrogen-bond acceptors (Lipinski definition) is 4. The molecule has 1 atom stereocenters. The summed E-state index contributed by atoms with van der Waals surface area (Å²) in [5, 5.41) is 3.47. The Morgan fingerprint density at radius 1 is 1.39 bits per heavy atom. The van der Waals surface area contributed by atoms with E-state index >= 15 is 0 Å². The minimum atomic E-state index is 0.484. The Bertz CT molecular complexity index is 364. The molecule has 0 spiro atoms. The average Bonchev–Trinajstić information content (AvgIpc) is 2.46. The molecule has 1 saturated carbocycles. The largest absolute Gasteiger partial charge is 0.481 e. The van der Waals surface area contributed by atoms with Gasteiger partial charge in [-0.3, -0.25) is 0 Å². The van der Waals surface area contributed by atoms with Gasteiger partial charge in [0.05, 0.1) is 7.11 Å². The molecular formula is C14H23N3O. The van der Waals surface area contributed by atoms with Crippen LogP contribution < -0.4 is 10.1 Å². The predicted molar refractivity (Wildman–Crippen MR) is 72.9 cm³/mol. The van der Waals surface area contributed by atoms with E-state index in [0.717, 1.165) is 12.3 Å². The van der Waals surface area contributed by atoms with Crippen LogP contribution in [0.1, 0.15) is 45.4 Å². The van der Waals surface area contributed by atoms with Gasteiger partial charge in [-0.25, -0.2) is 4.98 Å². The van der Waals surface area contributed by atoms with Crippen molar-refractivity contribution in [1.82, 2.24) is 9.97 Å². The van der Waals surface area contributed by atoms with E-state index in [1.54, 1.807) is 19.4 Å². The highest BCUT2D eigenvalue weighted by molar-refractivity contribution is 5.29. The fourth-order valence-corrected chi connectivity index (χ4v) is 2.78. The first-order valence-corrected chi connectivity index (χ1v) is 6.97. The minimum Gasteiger partial charge on any atom is -0.481 e. The Labute approximate surface area is 109 Å². The van der Waals surface area contributed by atoms with Crippen molar-refractivity contribution in [2.45, 2.75) is 51.5 Å². The molecule has 1 aromatic rings. The van der Waals surface area contributed by atoms with Gasteiger partial charge in [-0.1, -0.05) is 26.2 Å². The molecule has 0 aliphatic heterocycles. The van der Waals surface area contributed by atoms with E-state index in [0.29, 0.717) is 17.9 Å². The van der Waals surface area contributed by atoms with Gasteiger partial charge in [0.1, 0.15) is 0 Å². The zero-order chi connectivity index (χ0) is 12.8. The Kier molecular flexibility index (Phi) is 4.79. The lowest BCUT2D eigenvalue weighted by Gasteiger charge is -2.30. The fourth-order valence-electron chi connectivity index (χ4n) is 2.78. The second-order valence-electron chi connectivity index (χ2n) is 4.98. The number of rotatable bonds is 5. The van der Waals surface area contributed by atoms with Crippen LogP contribution in [-0.4, -0.2) is 23.1 Å². The van der Waals surface area contributed by atoms with Crippen molar-refractivity contribution in [2.24, 2.45) is 5.92 Å².